The molecule has 6 heteroatoms. The molecule has 0 aliphatic rings. The predicted molar refractivity (Wildman–Crippen MR) is 88.5 cm³/mol. The fraction of sp³-hybridized carbons (Fsp3) is 0.500. The standard InChI is InChI=1S/C14H19Cl2N3S/c1-7(2)19-10(5)13(9(4)18-19)17-8(3)11-6-12(15)20-14(11)16/h6-8,17H,1-5H3. The molecule has 20 heavy (non-hydrogen) atoms. The highest BCUT2D eigenvalue weighted by Crippen LogP contribution is 2.37. The molecular weight excluding hydrogens is 313 g/mol. The summed E-state index contributed by atoms with van der Waals surface area (Å²) in [5.74, 6) is 0. The summed E-state index contributed by atoms with van der Waals surface area (Å²) in [5, 5.41) is 8.09. The quantitative estimate of drug-likeness (QED) is 0.787. The van der Waals surface area contributed by atoms with Crippen LogP contribution in [0.2, 0.25) is 8.67 Å². The van der Waals surface area contributed by atoms with E-state index < -0.39 is 0 Å². The summed E-state index contributed by atoms with van der Waals surface area (Å²) in [7, 11) is 0. The molecular formula is C14H19Cl2N3S. The van der Waals surface area contributed by atoms with E-state index in [1.54, 1.807) is 0 Å². The molecule has 1 N–H and O–H groups in total. The normalized spacial score (nSPS) is 13.0. The first-order valence-corrected chi connectivity index (χ1v) is 8.15. The van der Waals surface area contributed by atoms with Gasteiger partial charge in [-0.05, 0) is 40.7 Å². The van der Waals surface area contributed by atoms with E-state index >= 15 is 0 Å². The molecule has 2 heterocycles. The van der Waals surface area contributed by atoms with Crippen molar-refractivity contribution in [3.8, 4) is 0 Å². The third kappa shape index (κ3) is 2.97. The van der Waals surface area contributed by atoms with Gasteiger partial charge in [0, 0.05) is 11.6 Å². The Bertz CT molecular complexity index is 616. The average molecular weight is 332 g/mol. The van der Waals surface area contributed by atoms with Crippen LogP contribution in [0.25, 0.3) is 0 Å². The van der Waals surface area contributed by atoms with E-state index in [1.807, 2.05) is 17.7 Å². The van der Waals surface area contributed by atoms with E-state index in [1.165, 1.54) is 11.3 Å². The lowest BCUT2D eigenvalue weighted by Crippen LogP contribution is -2.09. The minimum atomic E-state index is 0.0912. The zero-order valence-corrected chi connectivity index (χ0v) is 14.6. The largest absolute Gasteiger partial charge is 0.375 e. The van der Waals surface area contributed by atoms with E-state index in [9.17, 15) is 0 Å². The lowest BCUT2D eigenvalue weighted by molar-refractivity contribution is 0.516. The van der Waals surface area contributed by atoms with Crippen LogP contribution in [-0.4, -0.2) is 9.78 Å². The Morgan fingerprint density at radius 2 is 1.90 bits per heavy atom. The SMILES string of the molecule is Cc1nn(C(C)C)c(C)c1NC(C)c1cc(Cl)sc1Cl. The summed E-state index contributed by atoms with van der Waals surface area (Å²) in [5.41, 5.74) is 4.24. The van der Waals surface area contributed by atoms with E-state index in [-0.39, 0.29) is 6.04 Å². The minimum Gasteiger partial charge on any atom is -0.375 e. The van der Waals surface area contributed by atoms with Crippen molar-refractivity contribution in [2.24, 2.45) is 0 Å². The van der Waals surface area contributed by atoms with Crippen molar-refractivity contribution >= 4 is 40.2 Å². The van der Waals surface area contributed by atoms with E-state index in [4.69, 9.17) is 23.2 Å². The number of rotatable bonds is 4. The molecule has 0 spiro atoms. The van der Waals surface area contributed by atoms with Crippen LogP contribution in [0.4, 0.5) is 5.69 Å². The van der Waals surface area contributed by atoms with Gasteiger partial charge >= 0.3 is 0 Å². The van der Waals surface area contributed by atoms with Gasteiger partial charge in [0.05, 0.1) is 31.8 Å². The third-order valence-corrected chi connectivity index (χ3v) is 4.84. The molecule has 110 valence electrons. The fourth-order valence-electron chi connectivity index (χ4n) is 2.32. The number of anilines is 1. The predicted octanol–water partition coefficient (Wildman–Crippen LogP) is 5.62. The highest BCUT2D eigenvalue weighted by molar-refractivity contribution is 7.20. The maximum atomic E-state index is 6.21. The third-order valence-electron chi connectivity index (χ3n) is 3.32. The van der Waals surface area contributed by atoms with Crippen molar-refractivity contribution < 1.29 is 0 Å². The van der Waals surface area contributed by atoms with E-state index in [2.05, 4.69) is 38.1 Å². The first-order chi connectivity index (χ1) is 9.31. The molecule has 0 radical (unpaired) electrons. The van der Waals surface area contributed by atoms with Crippen LogP contribution >= 0.6 is 34.5 Å². The first-order valence-electron chi connectivity index (χ1n) is 6.58. The van der Waals surface area contributed by atoms with Crippen LogP contribution in [0, 0.1) is 13.8 Å². The van der Waals surface area contributed by atoms with Gasteiger partial charge in [-0.15, -0.1) is 11.3 Å². The van der Waals surface area contributed by atoms with Crippen molar-refractivity contribution in [3.05, 3.63) is 31.7 Å². The highest BCUT2D eigenvalue weighted by atomic mass is 35.5. The Morgan fingerprint density at radius 3 is 2.35 bits per heavy atom. The smallest absolute Gasteiger partial charge is 0.0996 e. The zero-order valence-electron chi connectivity index (χ0n) is 12.3. The van der Waals surface area contributed by atoms with Gasteiger partial charge in [-0.1, -0.05) is 23.2 Å². The van der Waals surface area contributed by atoms with Crippen LogP contribution in [-0.2, 0) is 0 Å². The lowest BCUT2D eigenvalue weighted by atomic mass is 10.1. The maximum absolute atomic E-state index is 6.21. The number of halogens is 2. The molecule has 0 aromatic carbocycles. The number of thiophene rings is 1. The second-order valence-corrected chi connectivity index (χ2v) is 7.52. The highest BCUT2D eigenvalue weighted by Gasteiger charge is 2.18. The zero-order chi connectivity index (χ0) is 15.0. The minimum absolute atomic E-state index is 0.0912. The summed E-state index contributed by atoms with van der Waals surface area (Å²) >= 11 is 13.6. The number of aromatic nitrogens is 2. The summed E-state index contributed by atoms with van der Waals surface area (Å²) in [4.78, 5) is 0. The molecule has 0 aliphatic carbocycles. The second-order valence-electron chi connectivity index (χ2n) is 5.23. The first kappa shape index (κ1) is 15.7. The molecule has 0 saturated carbocycles. The van der Waals surface area contributed by atoms with Crippen molar-refractivity contribution in [1.29, 1.82) is 0 Å². The van der Waals surface area contributed by atoms with Crippen molar-refractivity contribution in [2.45, 2.75) is 46.7 Å². The molecule has 0 fully saturated rings. The maximum Gasteiger partial charge on any atom is 0.0996 e. The average Bonchev–Trinajstić information content (AvgIpc) is 2.82. The monoisotopic (exact) mass is 331 g/mol. The number of hydrogen-bond donors (Lipinski definition) is 1. The number of aryl methyl sites for hydroxylation is 1. The van der Waals surface area contributed by atoms with Gasteiger partial charge in [-0.25, -0.2) is 0 Å². The lowest BCUT2D eigenvalue weighted by Gasteiger charge is -2.16. The molecule has 2 aromatic heterocycles. The van der Waals surface area contributed by atoms with Gasteiger partial charge in [0.2, 0.25) is 0 Å². The van der Waals surface area contributed by atoms with Crippen LogP contribution in [0.5, 0.6) is 0 Å². The van der Waals surface area contributed by atoms with Crippen LogP contribution < -0.4 is 5.32 Å². The molecule has 0 saturated heterocycles. The van der Waals surface area contributed by atoms with Gasteiger partial charge in [-0.3, -0.25) is 4.68 Å². The summed E-state index contributed by atoms with van der Waals surface area (Å²) in [6, 6.07) is 2.36. The van der Waals surface area contributed by atoms with Crippen LogP contribution in [0.1, 0.15) is 49.8 Å². The molecule has 3 nitrogen and oxygen atoms in total. The van der Waals surface area contributed by atoms with Gasteiger partial charge in [0.15, 0.2) is 0 Å². The number of nitrogens with one attached hydrogen (secondary N) is 1. The second kappa shape index (κ2) is 5.96. The molecule has 1 unspecified atom stereocenters. The molecule has 0 aliphatic heterocycles. The van der Waals surface area contributed by atoms with Gasteiger partial charge in [0.1, 0.15) is 0 Å². The van der Waals surface area contributed by atoms with Crippen molar-refractivity contribution in [2.75, 3.05) is 5.32 Å². The molecule has 0 bridgehead atoms. The Kier molecular flexibility index (Phi) is 4.67. The van der Waals surface area contributed by atoms with E-state index in [0.717, 1.165) is 27.0 Å². The molecule has 2 rings (SSSR count). The van der Waals surface area contributed by atoms with Crippen LogP contribution in [0.15, 0.2) is 6.07 Å². The van der Waals surface area contributed by atoms with Gasteiger partial charge < -0.3 is 5.32 Å². The van der Waals surface area contributed by atoms with Crippen LogP contribution in [0.3, 0.4) is 0 Å². The van der Waals surface area contributed by atoms with E-state index in [0.29, 0.717) is 10.4 Å². The van der Waals surface area contributed by atoms with Gasteiger partial charge in [-0.2, -0.15) is 5.10 Å². The topological polar surface area (TPSA) is 29.9 Å². The molecule has 2 aromatic rings. The summed E-state index contributed by atoms with van der Waals surface area (Å²) in [6.45, 7) is 10.4. The Balaban J connectivity index is 2.28. The summed E-state index contributed by atoms with van der Waals surface area (Å²) in [6.07, 6.45) is 0. The fourth-order valence-corrected chi connectivity index (χ4v) is 3.96. The Labute approximate surface area is 133 Å². The van der Waals surface area contributed by atoms with Crippen molar-refractivity contribution in [3.63, 3.8) is 0 Å². The Hall–Kier alpha value is -0.710. The Morgan fingerprint density at radius 1 is 1.25 bits per heavy atom. The molecule has 1 atom stereocenters. The van der Waals surface area contributed by atoms with Crippen molar-refractivity contribution in [1.82, 2.24) is 9.78 Å². The number of hydrogen-bond acceptors (Lipinski definition) is 3. The molecule has 0 amide bonds. The summed E-state index contributed by atoms with van der Waals surface area (Å²) < 4.78 is 3.48. The number of nitrogens with zero attached hydrogens (tertiary/aromatic N) is 2. The van der Waals surface area contributed by atoms with Gasteiger partial charge in [0.25, 0.3) is 0 Å².